The van der Waals surface area contributed by atoms with Crippen LogP contribution in [-0.2, 0) is 11.4 Å². The topological polar surface area (TPSA) is 94.1 Å². The van der Waals surface area contributed by atoms with Gasteiger partial charge in [-0.2, -0.15) is 0 Å². The lowest BCUT2D eigenvalue weighted by atomic mass is 10.1. The van der Waals surface area contributed by atoms with E-state index in [-0.39, 0.29) is 11.9 Å². The first kappa shape index (κ1) is 20.5. The number of nitrogens with one attached hydrogen (secondary N) is 1. The molecule has 0 spiro atoms. The largest absolute Gasteiger partial charge is 0.493 e. The van der Waals surface area contributed by atoms with Gasteiger partial charge in [-0.3, -0.25) is 9.59 Å². The van der Waals surface area contributed by atoms with Gasteiger partial charge < -0.3 is 24.6 Å². The quantitative estimate of drug-likeness (QED) is 0.708. The zero-order chi connectivity index (χ0) is 20.8. The molecule has 0 saturated heterocycles. The van der Waals surface area contributed by atoms with Crippen LogP contribution in [0.2, 0.25) is 0 Å². The Morgan fingerprint density at radius 3 is 2.28 bits per heavy atom. The van der Waals surface area contributed by atoms with E-state index in [2.05, 4.69) is 5.32 Å². The number of amides is 1. The maximum absolute atomic E-state index is 12.7. The van der Waals surface area contributed by atoms with Crippen LogP contribution < -0.4 is 19.5 Å². The smallest absolute Gasteiger partial charge is 0.306 e. The molecule has 1 saturated carbocycles. The number of carboxylic acids is 1. The predicted molar refractivity (Wildman–Crippen MR) is 107 cm³/mol. The van der Waals surface area contributed by atoms with Crippen LogP contribution >= 0.6 is 0 Å². The van der Waals surface area contributed by atoms with Crippen LogP contribution in [-0.4, -0.2) is 37.2 Å². The van der Waals surface area contributed by atoms with E-state index in [0.717, 1.165) is 5.56 Å². The molecule has 1 fully saturated rings. The first-order chi connectivity index (χ1) is 14.0. The van der Waals surface area contributed by atoms with E-state index in [1.165, 1.54) is 14.2 Å². The van der Waals surface area contributed by atoms with Gasteiger partial charge in [-0.15, -0.1) is 0 Å². The number of carboxylic acid groups (broad SMARTS) is 1. The molecular weight excluding hydrogens is 374 g/mol. The summed E-state index contributed by atoms with van der Waals surface area (Å²) in [6.45, 7) is 0.331. The number of ether oxygens (including phenoxy) is 3. The van der Waals surface area contributed by atoms with Crippen LogP contribution in [0, 0.1) is 5.92 Å². The fourth-order valence-electron chi connectivity index (χ4n) is 3.49. The standard InChI is InChI=1S/C22H25NO6/c1-27-18-11-16(21(24)23-17-9-8-15(10-17)22(25)26)12-19(28-2)20(18)29-13-14-6-4-3-5-7-14/h3-7,11-12,15,17H,8-10,13H2,1-2H3,(H,23,24)(H,25,26)/t15-,17+/m1/s1. The molecule has 0 heterocycles. The highest BCUT2D eigenvalue weighted by molar-refractivity contribution is 5.96. The van der Waals surface area contributed by atoms with Crippen molar-refractivity contribution in [3.63, 3.8) is 0 Å². The molecule has 0 unspecified atom stereocenters. The van der Waals surface area contributed by atoms with Gasteiger partial charge in [0.15, 0.2) is 11.5 Å². The lowest BCUT2D eigenvalue weighted by Crippen LogP contribution is -2.33. The second kappa shape index (κ2) is 9.32. The number of aliphatic carboxylic acids is 1. The van der Waals surface area contributed by atoms with Crippen molar-refractivity contribution in [1.82, 2.24) is 5.32 Å². The van der Waals surface area contributed by atoms with Crippen molar-refractivity contribution in [2.45, 2.75) is 31.9 Å². The maximum Gasteiger partial charge on any atom is 0.306 e. The van der Waals surface area contributed by atoms with Crippen LogP contribution in [0.25, 0.3) is 0 Å². The van der Waals surface area contributed by atoms with Crippen molar-refractivity contribution in [2.24, 2.45) is 5.92 Å². The minimum atomic E-state index is -0.815. The zero-order valence-electron chi connectivity index (χ0n) is 16.5. The van der Waals surface area contributed by atoms with Crippen LogP contribution in [0.1, 0.15) is 35.2 Å². The molecule has 1 aliphatic rings. The summed E-state index contributed by atoms with van der Waals surface area (Å²) >= 11 is 0. The molecule has 3 rings (SSSR count). The minimum absolute atomic E-state index is 0.158. The van der Waals surface area contributed by atoms with Crippen LogP contribution in [0.4, 0.5) is 0 Å². The first-order valence-electron chi connectivity index (χ1n) is 9.48. The summed E-state index contributed by atoms with van der Waals surface area (Å²) in [7, 11) is 3.00. The summed E-state index contributed by atoms with van der Waals surface area (Å²) < 4.78 is 16.7. The second-order valence-electron chi connectivity index (χ2n) is 7.00. The summed E-state index contributed by atoms with van der Waals surface area (Å²) in [5.74, 6) is -0.321. The van der Waals surface area contributed by atoms with Crippen LogP contribution in [0.5, 0.6) is 17.2 Å². The Bertz CT molecular complexity index is 842. The lowest BCUT2D eigenvalue weighted by molar-refractivity contribution is -0.141. The third-order valence-electron chi connectivity index (χ3n) is 5.07. The van der Waals surface area contributed by atoms with Gasteiger partial charge >= 0.3 is 5.97 Å². The summed E-state index contributed by atoms with van der Waals surface area (Å²) in [6.07, 6.45) is 1.65. The molecule has 1 amide bonds. The van der Waals surface area contributed by atoms with E-state index >= 15 is 0 Å². The van der Waals surface area contributed by atoms with Gasteiger partial charge in [-0.25, -0.2) is 0 Å². The maximum atomic E-state index is 12.7. The van der Waals surface area contributed by atoms with E-state index in [4.69, 9.17) is 19.3 Å². The van der Waals surface area contributed by atoms with E-state index in [1.54, 1.807) is 12.1 Å². The van der Waals surface area contributed by atoms with E-state index in [0.29, 0.717) is 48.7 Å². The number of hydrogen-bond donors (Lipinski definition) is 2. The molecule has 1 aliphatic carbocycles. The molecule has 154 valence electrons. The number of carbonyl (C=O) groups is 2. The van der Waals surface area contributed by atoms with Gasteiger partial charge in [0.05, 0.1) is 20.1 Å². The molecular formula is C22H25NO6. The lowest BCUT2D eigenvalue weighted by Gasteiger charge is -2.17. The SMILES string of the molecule is COc1cc(C(=O)N[C@H]2CC[C@@H](C(=O)O)C2)cc(OC)c1OCc1ccccc1. The molecule has 2 aromatic carbocycles. The molecule has 2 N–H and O–H groups in total. The Kier molecular flexibility index (Phi) is 6.59. The number of carbonyl (C=O) groups excluding carboxylic acids is 1. The second-order valence-corrected chi connectivity index (χ2v) is 7.00. The summed E-state index contributed by atoms with van der Waals surface area (Å²) in [6, 6.07) is 12.7. The molecule has 2 atom stereocenters. The van der Waals surface area contributed by atoms with E-state index in [9.17, 15) is 9.59 Å². The molecule has 0 bridgehead atoms. The van der Waals surface area contributed by atoms with Gasteiger partial charge in [-0.05, 0) is 37.0 Å². The third kappa shape index (κ3) is 4.99. The number of rotatable bonds is 8. The monoisotopic (exact) mass is 399 g/mol. The molecule has 29 heavy (non-hydrogen) atoms. The zero-order valence-corrected chi connectivity index (χ0v) is 16.5. The number of methoxy groups -OCH3 is 2. The van der Waals surface area contributed by atoms with Gasteiger partial charge in [0.25, 0.3) is 5.91 Å². The number of benzene rings is 2. The van der Waals surface area contributed by atoms with Gasteiger partial charge in [0, 0.05) is 11.6 Å². The Morgan fingerprint density at radius 2 is 1.72 bits per heavy atom. The van der Waals surface area contributed by atoms with Crippen molar-refractivity contribution in [3.8, 4) is 17.2 Å². The van der Waals surface area contributed by atoms with Crippen LogP contribution in [0.15, 0.2) is 42.5 Å². The molecule has 7 heteroatoms. The van der Waals surface area contributed by atoms with E-state index < -0.39 is 11.9 Å². The van der Waals surface area contributed by atoms with Crippen molar-refractivity contribution < 1.29 is 28.9 Å². The van der Waals surface area contributed by atoms with Crippen LogP contribution in [0.3, 0.4) is 0 Å². The van der Waals surface area contributed by atoms with Crippen molar-refractivity contribution in [2.75, 3.05) is 14.2 Å². The number of hydrogen-bond acceptors (Lipinski definition) is 5. The predicted octanol–water partition coefficient (Wildman–Crippen LogP) is 3.27. The van der Waals surface area contributed by atoms with Crippen molar-refractivity contribution >= 4 is 11.9 Å². The highest BCUT2D eigenvalue weighted by atomic mass is 16.5. The van der Waals surface area contributed by atoms with Gasteiger partial charge in [0.2, 0.25) is 5.75 Å². The first-order valence-corrected chi connectivity index (χ1v) is 9.48. The highest BCUT2D eigenvalue weighted by Crippen LogP contribution is 2.39. The average Bonchev–Trinajstić information content (AvgIpc) is 3.21. The van der Waals surface area contributed by atoms with Crippen molar-refractivity contribution in [1.29, 1.82) is 0 Å². The van der Waals surface area contributed by atoms with E-state index in [1.807, 2.05) is 30.3 Å². The summed E-state index contributed by atoms with van der Waals surface area (Å²) in [5.41, 5.74) is 1.36. The molecule has 7 nitrogen and oxygen atoms in total. The van der Waals surface area contributed by atoms with Gasteiger partial charge in [-0.1, -0.05) is 30.3 Å². The van der Waals surface area contributed by atoms with Gasteiger partial charge in [0.1, 0.15) is 6.61 Å². The summed E-state index contributed by atoms with van der Waals surface area (Å²) in [4.78, 5) is 23.8. The fourth-order valence-corrected chi connectivity index (χ4v) is 3.49. The Labute approximate surface area is 169 Å². The molecule has 0 aromatic heterocycles. The molecule has 2 aromatic rings. The Morgan fingerprint density at radius 1 is 1.07 bits per heavy atom. The highest BCUT2D eigenvalue weighted by Gasteiger charge is 2.31. The third-order valence-corrected chi connectivity index (χ3v) is 5.07. The van der Waals surface area contributed by atoms with Crippen molar-refractivity contribution in [3.05, 3.63) is 53.6 Å². The Balaban J connectivity index is 1.74. The average molecular weight is 399 g/mol. The minimum Gasteiger partial charge on any atom is -0.493 e. The normalized spacial score (nSPS) is 18.1. The molecule has 0 aliphatic heterocycles. The summed E-state index contributed by atoms with van der Waals surface area (Å²) in [5, 5.41) is 12.0. The fraction of sp³-hybridized carbons (Fsp3) is 0.364. The molecule has 0 radical (unpaired) electrons. The Hall–Kier alpha value is -3.22.